The van der Waals surface area contributed by atoms with E-state index in [1.807, 2.05) is 0 Å². The maximum absolute atomic E-state index is 2.55. The van der Waals surface area contributed by atoms with Crippen LogP contribution in [0.15, 0.2) is 11.3 Å². The average Bonchev–Trinajstić information content (AvgIpc) is 2.09. The maximum Gasteiger partial charge on any atom is 0.0720 e. The minimum absolute atomic E-state index is 1.01. The molecule has 0 saturated carbocycles. The van der Waals surface area contributed by atoms with E-state index in [0.29, 0.717) is 0 Å². The second kappa shape index (κ2) is 7.28. The molecule has 0 rings (SSSR count). The molecule has 0 aromatic heterocycles. The molecule has 0 heterocycles. The molecule has 0 aliphatic carbocycles. The molecule has 0 aromatic rings. The Bertz CT molecular complexity index is 163. The van der Waals surface area contributed by atoms with Gasteiger partial charge in [-0.05, 0) is 12.8 Å². The average molecular weight is 212 g/mol. The van der Waals surface area contributed by atoms with Crippen LogP contribution in [-0.4, -0.2) is 8.07 Å². The highest BCUT2D eigenvalue weighted by molar-refractivity contribution is 6.83. The van der Waals surface area contributed by atoms with Crippen molar-refractivity contribution in [2.45, 2.75) is 72.0 Å². The fourth-order valence-electron chi connectivity index (χ4n) is 1.63. The second-order valence-electron chi connectivity index (χ2n) is 5.23. The molecular formula is C13H28Si. The van der Waals surface area contributed by atoms with Crippen LogP contribution in [0.1, 0.15) is 52.4 Å². The Kier molecular flexibility index (Phi) is 7.25. The molecule has 0 amide bonds. The van der Waals surface area contributed by atoms with E-state index in [1.165, 1.54) is 38.5 Å². The molecule has 84 valence electrons. The van der Waals surface area contributed by atoms with Gasteiger partial charge in [-0.1, -0.05) is 70.4 Å². The molecule has 0 spiro atoms. The molecule has 0 atom stereocenters. The Labute approximate surface area is 91.8 Å². The molecule has 0 unspecified atom stereocenters. The predicted molar refractivity (Wildman–Crippen MR) is 70.5 cm³/mol. The molecular weight excluding hydrogens is 184 g/mol. The van der Waals surface area contributed by atoms with E-state index in [0.717, 1.165) is 0 Å². The minimum Gasteiger partial charge on any atom is -0.0892 e. The quantitative estimate of drug-likeness (QED) is 0.403. The first-order valence-corrected chi connectivity index (χ1v) is 9.71. The highest BCUT2D eigenvalue weighted by Gasteiger charge is 2.17. The highest BCUT2D eigenvalue weighted by Crippen LogP contribution is 2.21. The van der Waals surface area contributed by atoms with E-state index in [1.54, 1.807) is 5.20 Å². The van der Waals surface area contributed by atoms with Crippen LogP contribution < -0.4 is 0 Å². The summed E-state index contributed by atoms with van der Waals surface area (Å²) in [5.41, 5.74) is 0. The van der Waals surface area contributed by atoms with Crippen molar-refractivity contribution in [1.82, 2.24) is 0 Å². The standard InChI is InChI=1S/C13H28Si/c1-6-8-10-12-13(11-9-7-2)14(3,4)5/h12H,6-11H2,1-5H3/b13-12-. The van der Waals surface area contributed by atoms with Gasteiger partial charge < -0.3 is 0 Å². The molecule has 0 saturated heterocycles. The molecule has 0 nitrogen and oxygen atoms in total. The van der Waals surface area contributed by atoms with E-state index in [4.69, 9.17) is 0 Å². The zero-order chi connectivity index (χ0) is 11.0. The summed E-state index contributed by atoms with van der Waals surface area (Å²) < 4.78 is 0. The zero-order valence-corrected chi connectivity index (χ0v) is 11.8. The summed E-state index contributed by atoms with van der Waals surface area (Å²) in [6.45, 7) is 12.0. The van der Waals surface area contributed by atoms with Crippen molar-refractivity contribution >= 4 is 8.07 Å². The van der Waals surface area contributed by atoms with Gasteiger partial charge >= 0.3 is 0 Å². The third-order valence-electron chi connectivity index (χ3n) is 2.71. The van der Waals surface area contributed by atoms with Gasteiger partial charge in [-0.25, -0.2) is 0 Å². The summed E-state index contributed by atoms with van der Waals surface area (Å²) in [6, 6.07) is 0. The Morgan fingerprint density at radius 1 is 1.00 bits per heavy atom. The van der Waals surface area contributed by atoms with Crippen molar-refractivity contribution in [2.75, 3.05) is 0 Å². The van der Waals surface area contributed by atoms with Crippen molar-refractivity contribution in [3.05, 3.63) is 11.3 Å². The Balaban J connectivity index is 4.16. The van der Waals surface area contributed by atoms with Crippen molar-refractivity contribution in [2.24, 2.45) is 0 Å². The van der Waals surface area contributed by atoms with Gasteiger partial charge in [0.05, 0.1) is 8.07 Å². The van der Waals surface area contributed by atoms with E-state index in [2.05, 4.69) is 39.6 Å². The summed E-state index contributed by atoms with van der Waals surface area (Å²) in [5, 5.41) is 1.80. The van der Waals surface area contributed by atoms with Crippen LogP contribution in [0.2, 0.25) is 19.6 Å². The Morgan fingerprint density at radius 3 is 2.00 bits per heavy atom. The zero-order valence-electron chi connectivity index (χ0n) is 10.8. The summed E-state index contributed by atoms with van der Waals surface area (Å²) in [4.78, 5) is 0. The van der Waals surface area contributed by atoms with Gasteiger partial charge in [0.15, 0.2) is 0 Å². The van der Waals surface area contributed by atoms with Gasteiger partial charge in [-0.15, -0.1) is 0 Å². The van der Waals surface area contributed by atoms with Crippen LogP contribution in [0.25, 0.3) is 0 Å². The van der Waals surface area contributed by atoms with Crippen LogP contribution in [0.5, 0.6) is 0 Å². The molecule has 0 bridgehead atoms. The van der Waals surface area contributed by atoms with Crippen LogP contribution in [0, 0.1) is 0 Å². The van der Waals surface area contributed by atoms with E-state index >= 15 is 0 Å². The van der Waals surface area contributed by atoms with Gasteiger partial charge in [0, 0.05) is 0 Å². The normalized spacial score (nSPS) is 13.4. The first-order valence-electron chi connectivity index (χ1n) is 6.21. The molecule has 0 aliphatic rings. The van der Waals surface area contributed by atoms with E-state index < -0.39 is 8.07 Å². The Morgan fingerprint density at radius 2 is 1.57 bits per heavy atom. The monoisotopic (exact) mass is 212 g/mol. The molecule has 0 fully saturated rings. The van der Waals surface area contributed by atoms with E-state index in [9.17, 15) is 0 Å². The van der Waals surface area contributed by atoms with Crippen molar-refractivity contribution in [3.63, 3.8) is 0 Å². The predicted octanol–water partition coefficient (Wildman–Crippen LogP) is 5.17. The topological polar surface area (TPSA) is 0 Å². The first-order chi connectivity index (χ1) is 6.52. The molecule has 0 aliphatic heterocycles. The number of unbranched alkanes of at least 4 members (excludes halogenated alkanes) is 3. The smallest absolute Gasteiger partial charge is 0.0720 e. The fraction of sp³-hybridized carbons (Fsp3) is 0.846. The second-order valence-corrected chi connectivity index (χ2v) is 10.4. The molecule has 0 aromatic carbocycles. The lowest BCUT2D eigenvalue weighted by molar-refractivity contribution is 0.783. The van der Waals surface area contributed by atoms with Crippen LogP contribution in [0.3, 0.4) is 0 Å². The lowest BCUT2D eigenvalue weighted by Gasteiger charge is -2.21. The van der Waals surface area contributed by atoms with Crippen LogP contribution >= 0.6 is 0 Å². The van der Waals surface area contributed by atoms with Crippen molar-refractivity contribution in [1.29, 1.82) is 0 Å². The van der Waals surface area contributed by atoms with Gasteiger partial charge in [-0.2, -0.15) is 0 Å². The Hall–Kier alpha value is -0.0431. The van der Waals surface area contributed by atoms with Crippen LogP contribution in [0.4, 0.5) is 0 Å². The maximum atomic E-state index is 2.55. The summed E-state index contributed by atoms with van der Waals surface area (Å²) in [5.74, 6) is 0. The van der Waals surface area contributed by atoms with Gasteiger partial charge in [0.1, 0.15) is 0 Å². The van der Waals surface area contributed by atoms with Gasteiger partial charge in [-0.3, -0.25) is 0 Å². The summed E-state index contributed by atoms with van der Waals surface area (Å²) >= 11 is 0. The number of hydrogen-bond acceptors (Lipinski definition) is 0. The SMILES string of the molecule is CCCC/C=C(/CCCC)[Si](C)(C)C. The highest BCUT2D eigenvalue weighted by atomic mass is 28.3. The van der Waals surface area contributed by atoms with Crippen molar-refractivity contribution < 1.29 is 0 Å². The molecule has 14 heavy (non-hydrogen) atoms. The number of rotatable bonds is 7. The number of allylic oxidation sites excluding steroid dienone is 2. The van der Waals surface area contributed by atoms with Gasteiger partial charge in [0.25, 0.3) is 0 Å². The molecule has 0 N–H and O–H groups in total. The summed E-state index contributed by atoms with van der Waals surface area (Å²) in [6.07, 6.45) is 10.6. The minimum atomic E-state index is -1.01. The van der Waals surface area contributed by atoms with Crippen LogP contribution in [-0.2, 0) is 0 Å². The van der Waals surface area contributed by atoms with Gasteiger partial charge in [0.2, 0.25) is 0 Å². The molecule has 1 heteroatoms. The fourth-order valence-corrected chi connectivity index (χ4v) is 3.31. The first kappa shape index (κ1) is 14.0. The molecule has 0 radical (unpaired) electrons. The third-order valence-corrected chi connectivity index (χ3v) is 5.09. The lowest BCUT2D eigenvalue weighted by Crippen LogP contribution is -2.24. The van der Waals surface area contributed by atoms with E-state index in [-0.39, 0.29) is 0 Å². The largest absolute Gasteiger partial charge is 0.0892 e. The summed E-state index contributed by atoms with van der Waals surface area (Å²) in [7, 11) is -1.01. The third kappa shape index (κ3) is 6.42. The lowest BCUT2D eigenvalue weighted by atomic mass is 10.2. The van der Waals surface area contributed by atoms with Crippen molar-refractivity contribution in [3.8, 4) is 0 Å². The number of hydrogen-bond donors (Lipinski definition) is 0.